The van der Waals surface area contributed by atoms with Gasteiger partial charge in [-0.05, 0) is 67.7 Å². The van der Waals surface area contributed by atoms with Gasteiger partial charge in [-0.3, -0.25) is 0 Å². The fourth-order valence-electron chi connectivity index (χ4n) is 2.58. The standard InChI is InChI=1S/C26H30O2/c1-7-8-11-20(4)22(6)17-27-25-14-24(19(2)3)15-26(16-25)28-18-23-13-10-9-12-21(23)5/h7-16H,1-2,17-18H2,3-6H3/b11-8-,22-20?. The fourth-order valence-corrected chi connectivity index (χ4v) is 2.58. The predicted octanol–water partition coefficient (Wildman–Crippen LogP) is 7.06. The molecule has 0 radical (unpaired) electrons. The van der Waals surface area contributed by atoms with Crippen molar-refractivity contribution in [1.29, 1.82) is 0 Å². The molecule has 2 aromatic carbocycles. The average Bonchev–Trinajstić information content (AvgIpc) is 2.69. The zero-order chi connectivity index (χ0) is 20.5. The summed E-state index contributed by atoms with van der Waals surface area (Å²) < 4.78 is 12.1. The van der Waals surface area contributed by atoms with E-state index in [1.54, 1.807) is 6.08 Å². The van der Waals surface area contributed by atoms with E-state index < -0.39 is 0 Å². The van der Waals surface area contributed by atoms with Crippen LogP contribution in [0.25, 0.3) is 5.57 Å². The van der Waals surface area contributed by atoms with Gasteiger partial charge in [-0.1, -0.05) is 61.2 Å². The number of hydrogen-bond acceptors (Lipinski definition) is 2. The molecule has 0 bridgehead atoms. The van der Waals surface area contributed by atoms with E-state index in [4.69, 9.17) is 9.47 Å². The van der Waals surface area contributed by atoms with Crippen molar-refractivity contribution in [3.8, 4) is 11.5 Å². The topological polar surface area (TPSA) is 18.5 Å². The van der Waals surface area contributed by atoms with Gasteiger partial charge in [0.25, 0.3) is 0 Å². The zero-order valence-electron chi connectivity index (χ0n) is 17.4. The van der Waals surface area contributed by atoms with E-state index in [0.29, 0.717) is 13.2 Å². The number of allylic oxidation sites excluding steroid dienone is 5. The van der Waals surface area contributed by atoms with Crippen LogP contribution in [0.4, 0.5) is 0 Å². The summed E-state index contributed by atoms with van der Waals surface area (Å²) in [6.07, 6.45) is 5.73. The lowest BCUT2D eigenvalue weighted by atomic mass is 10.1. The maximum absolute atomic E-state index is 6.06. The summed E-state index contributed by atoms with van der Waals surface area (Å²) in [5.74, 6) is 1.56. The summed E-state index contributed by atoms with van der Waals surface area (Å²) in [6, 6.07) is 14.2. The molecule has 0 aliphatic rings. The van der Waals surface area contributed by atoms with E-state index in [-0.39, 0.29) is 0 Å². The third-order valence-corrected chi connectivity index (χ3v) is 4.64. The van der Waals surface area contributed by atoms with Crippen LogP contribution in [0.5, 0.6) is 11.5 Å². The summed E-state index contributed by atoms with van der Waals surface area (Å²) in [4.78, 5) is 0. The maximum atomic E-state index is 6.06. The number of benzene rings is 2. The van der Waals surface area contributed by atoms with E-state index in [1.807, 2.05) is 49.4 Å². The van der Waals surface area contributed by atoms with Gasteiger partial charge in [0.15, 0.2) is 0 Å². The fraction of sp³-hybridized carbons (Fsp3) is 0.231. The number of aryl methyl sites for hydroxylation is 1. The summed E-state index contributed by atoms with van der Waals surface area (Å²) in [5.41, 5.74) is 6.73. The SMILES string of the molecule is C=C/C=C\C(C)=C(C)COc1cc(OCc2ccccc2C)cc(C(=C)C)c1. The Labute approximate surface area is 169 Å². The highest BCUT2D eigenvalue weighted by Crippen LogP contribution is 2.28. The Morgan fingerprint density at radius 1 is 1.00 bits per heavy atom. The lowest BCUT2D eigenvalue weighted by molar-refractivity contribution is 0.300. The van der Waals surface area contributed by atoms with E-state index in [0.717, 1.165) is 22.6 Å². The largest absolute Gasteiger partial charge is 0.489 e. The van der Waals surface area contributed by atoms with Crippen molar-refractivity contribution in [2.45, 2.75) is 34.3 Å². The van der Waals surface area contributed by atoms with Crippen molar-refractivity contribution in [3.63, 3.8) is 0 Å². The molecule has 2 aromatic rings. The van der Waals surface area contributed by atoms with Gasteiger partial charge in [0.05, 0.1) is 0 Å². The van der Waals surface area contributed by atoms with E-state index in [9.17, 15) is 0 Å². The lowest BCUT2D eigenvalue weighted by Gasteiger charge is -2.14. The molecule has 0 saturated carbocycles. The van der Waals surface area contributed by atoms with E-state index in [1.165, 1.54) is 22.3 Å². The van der Waals surface area contributed by atoms with Crippen molar-refractivity contribution in [2.75, 3.05) is 6.61 Å². The van der Waals surface area contributed by atoms with Crippen molar-refractivity contribution in [1.82, 2.24) is 0 Å². The first-order valence-corrected chi connectivity index (χ1v) is 9.47. The molecular weight excluding hydrogens is 344 g/mol. The minimum Gasteiger partial charge on any atom is -0.489 e. The molecule has 2 rings (SSSR count). The monoisotopic (exact) mass is 374 g/mol. The molecule has 0 saturated heterocycles. The normalized spacial score (nSPS) is 11.9. The van der Waals surface area contributed by atoms with Crippen LogP contribution in [0.3, 0.4) is 0 Å². The van der Waals surface area contributed by atoms with E-state index in [2.05, 4.69) is 46.1 Å². The van der Waals surface area contributed by atoms with Crippen molar-refractivity contribution < 1.29 is 9.47 Å². The molecule has 2 heteroatoms. The molecule has 0 aromatic heterocycles. The number of ether oxygens (including phenoxy) is 2. The van der Waals surface area contributed by atoms with Gasteiger partial charge in [-0.2, -0.15) is 0 Å². The molecule has 28 heavy (non-hydrogen) atoms. The highest BCUT2D eigenvalue weighted by Gasteiger charge is 2.06. The summed E-state index contributed by atoms with van der Waals surface area (Å²) in [6.45, 7) is 17.0. The first-order chi connectivity index (χ1) is 13.4. The van der Waals surface area contributed by atoms with Gasteiger partial charge in [0.2, 0.25) is 0 Å². The van der Waals surface area contributed by atoms with Crippen LogP contribution in [0.15, 0.2) is 85.0 Å². The van der Waals surface area contributed by atoms with Crippen LogP contribution >= 0.6 is 0 Å². The quantitative estimate of drug-likeness (QED) is 0.437. The molecule has 146 valence electrons. The van der Waals surface area contributed by atoms with Crippen molar-refractivity contribution in [3.05, 3.63) is 102 Å². The molecule has 0 aliphatic heterocycles. The van der Waals surface area contributed by atoms with Gasteiger partial charge < -0.3 is 9.47 Å². The van der Waals surface area contributed by atoms with E-state index >= 15 is 0 Å². The predicted molar refractivity (Wildman–Crippen MR) is 120 cm³/mol. The number of hydrogen-bond donors (Lipinski definition) is 0. The minimum atomic E-state index is 0.518. The molecule has 0 heterocycles. The van der Waals surface area contributed by atoms with Gasteiger partial charge in [0, 0.05) is 6.07 Å². The third kappa shape index (κ3) is 6.31. The van der Waals surface area contributed by atoms with Gasteiger partial charge >= 0.3 is 0 Å². The smallest absolute Gasteiger partial charge is 0.124 e. The molecule has 0 atom stereocenters. The first-order valence-electron chi connectivity index (χ1n) is 9.47. The Morgan fingerprint density at radius 2 is 1.68 bits per heavy atom. The highest BCUT2D eigenvalue weighted by atomic mass is 16.5. The maximum Gasteiger partial charge on any atom is 0.124 e. The lowest BCUT2D eigenvalue weighted by Crippen LogP contribution is -2.02. The van der Waals surface area contributed by atoms with Crippen LogP contribution in [0, 0.1) is 6.92 Å². The van der Waals surface area contributed by atoms with Crippen LogP contribution < -0.4 is 9.47 Å². The molecule has 0 amide bonds. The second kappa shape index (κ2) is 10.4. The summed E-state index contributed by atoms with van der Waals surface area (Å²) >= 11 is 0. The molecule has 2 nitrogen and oxygen atoms in total. The molecule has 0 fully saturated rings. The summed E-state index contributed by atoms with van der Waals surface area (Å²) in [5, 5.41) is 0. The third-order valence-electron chi connectivity index (χ3n) is 4.64. The van der Waals surface area contributed by atoms with Crippen LogP contribution in [-0.4, -0.2) is 6.61 Å². The molecular formula is C26H30O2. The molecule has 0 spiro atoms. The van der Waals surface area contributed by atoms with Gasteiger partial charge in [-0.25, -0.2) is 0 Å². The second-order valence-corrected chi connectivity index (χ2v) is 7.04. The second-order valence-electron chi connectivity index (χ2n) is 7.04. The van der Waals surface area contributed by atoms with Crippen molar-refractivity contribution in [2.24, 2.45) is 0 Å². The minimum absolute atomic E-state index is 0.518. The first kappa shape index (κ1) is 21.3. The van der Waals surface area contributed by atoms with Crippen LogP contribution in [0.1, 0.15) is 37.5 Å². The summed E-state index contributed by atoms with van der Waals surface area (Å²) in [7, 11) is 0. The Balaban J connectivity index is 2.16. The van der Waals surface area contributed by atoms with Crippen LogP contribution in [-0.2, 0) is 6.61 Å². The average molecular weight is 375 g/mol. The van der Waals surface area contributed by atoms with Gasteiger partial charge in [-0.15, -0.1) is 0 Å². The Kier molecular flexibility index (Phi) is 7.88. The van der Waals surface area contributed by atoms with Crippen molar-refractivity contribution >= 4 is 5.57 Å². The zero-order valence-corrected chi connectivity index (χ0v) is 17.4. The van der Waals surface area contributed by atoms with Gasteiger partial charge in [0.1, 0.15) is 24.7 Å². The number of rotatable bonds is 9. The molecule has 0 unspecified atom stereocenters. The highest BCUT2D eigenvalue weighted by molar-refractivity contribution is 5.64. The Hall–Kier alpha value is -3.00. The Bertz CT molecular complexity index is 900. The Morgan fingerprint density at radius 3 is 2.32 bits per heavy atom. The molecule has 0 aliphatic carbocycles. The van der Waals surface area contributed by atoms with Crippen LogP contribution in [0.2, 0.25) is 0 Å². The molecule has 0 N–H and O–H groups in total.